The fraction of sp³-hybridized carbons (Fsp3) is 1.00. The van der Waals surface area contributed by atoms with Crippen LogP contribution in [0.2, 0.25) is 4.75 Å². The summed E-state index contributed by atoms with van der Waals surface area (Å²) in [5.74, 6) is 0. The summed E-state index contributed by atoms with van der Waals surface area (Å²) in [6.07, 6.45) is 0. The Morgan fingerprint density at radius 3 is 1.29 bits per heavy atom. The molecular weight excluding hydrogens is 489 g/mol. The Morgan fingerprint density at radius 1 is 1.14 bits per heavy atom. The molecule has 0 unspecified atom stereocenters. The van der Waals surface area contributed by atoms with E-state index in [-0.39, 0.29) is 0 Å². The standard InChI is InChI=1S/C3H7GeI3/c1-3(2)4(5,6)7/h3H,1-2H3. The predicted molar refractivity (Wildman–Crippen MR) is 62.9 cm³/mol. The number of rotatable bonds is 1. The zero-order chi connectivity index (χ0) is 6.08. The zero-order valence-corrected chi connectivity index (χ0v) is 12.8. The molecule has 0 aromatic heterocycles. The Hall–Kier alpha value is 2.73. The predicted octanol–water partition coefficient (Wildman–Crippen LogP) is 3.64. The normalized spacial score (nSPS) is 12.9. The van der Waals surface area contributed by atoms with E-state index in [0.717, 1.165) is 4.75 Å². The van der Waals surface area contributed by atoms with E-state index in [2.05, 4.69) is 74.5 Å². The Bertz CT molecular complexity index is 55.7. The molecule has 0 aliphatic carbocycles. The molecular formula is C3H7GeI3. The van der Waals surface area contributed by atoms with Crippen molar-refractivity contribution in [3.05, 3.63) is 0 Å². The minimum atomic E-state index is -1.26. The van der Waals surface area contributed by atoms with Crippen molar-refractivity contribution >= 4 is 64.0 Å². The summed E-state index contributed by atoms with van der Waals surface area (Å²) in [5.41, 5.74) is 0. The maximum absolute atomic E-state index is 2.63. The van der Waals surface area contributed by atoms with Crippen molar-refractivity contribution in [1.82, 2.24) is 0 Å². The van der Waals surface area contributed by atoms with Gasteiger partial charge in [0.15, 0.2) is 0 Å². The van der Waals surface area contributed by atoms with E-state index >= 15 is 0 Å². The van der Waals surface area contributed by atoms with E-state index in [4.69, 9.17) is 0 Å². The summed E-state index contributed by atoms with van der Waals surface area (Å²) < 4.78 is -0.311. The van der Waals surface area contributed by atoms with Crippen LogP contribution in [0.3, 0.4) is 0 Å². The molecule has 0 amide bonds. The molecule has 0 spiro atoms. The van der Waals surface area contributed by atoms with Crippen LogP contribution in [0, 0.1) is 0 Å². The summed E-state index contributed by atoms with van der Waals surface area (Å²) in [6, 6.07) is 0. The molecule has 0 fully saturated rings. The molecule has 0 aromatic carbocycles. The van der Waals surface area contributed by atoms with Crippen LogP contribution in [0.1, 0.15) is 13.8 Å². The maximum atomic E-state index is 2.63. The second kappa shape index (κ2) is 3.79. The molecule has 7 heavy (non-hydrogen) atoms. The van der Waals surface area contributed by atoms with Crippen LogP contribution < -0.4 is 0 Å². The third-order valence-electron chi connectivity index (χ3n) is 0.655. The van der Waals surface area contributed by atoms with E-state index < -0.39 is 3.34 Å². The van der Waals surface area contributed by atoms with Gasteiger partial charge in [-0.05, 0) is 0 Å². The van der Waals surface area contributed by atoms with Gasteiger partial charge in [-0.2, -0.15) is 0 Å². The first-order chi connectivity index (χ1) is 2.94. The van der Waals surface area contributed by atoms with Crippen molar-refractivity contribution in [2.45, 2.75) is 18.6 Å². The van der Waals surface area contributed by atoms with E-state index in [0.29, 0.717) is 0 Å². The van der Waals surface area contributed by atoms with Crippen molar-refractivity contribution in [2.75, 3.05) is 0 Å². The van der Waals surface area contributed by atoms with Gasteiger partial charge in [0.1, 0.15) is 0 Å². The molecule has 4 heteroatoms. The molecule has 0 aromatic rings. The van der Waals surface area contributed by atoms with Gasteiger partial charge < -0.3 is 0 Å². The summed E-state index contributed by atoms with van der Waals surface area (Å²) in [5, 5.41) is 0. The average molecular weight is 496 g/mol. The van der Waals surface area contributed by atoms with Crippen LogP contribution in [0.15, 0.2) is 0 Å². The van der Waals surface area contributed by atoms with Crippen molar-refractivity contribution in [3.8, 4) is 0 Å². The molecule has 0 saturated carbocycles. The number of halogens is 3. The second-order valence-electron chi connectivity index (χ2n) is 1.70. The van der Waals surface area contributed by atoms with Gasteiger partial charge in [0.05, 0.1) is 0 Å². The van der Waals surface area contributed by atoms with E-state index in [1.807, 2.05) is 0 Å². The molecule has 0 saturated heterocycles. The average Bonchev–Trinajstić information content (AvgIpc) is 1.31. The fourth-order valence-electron chi connectivity index (χ4n) is 0. The van der Waals surface area contributed by atoms with Crippen molar-refractivity contribution in [2.24, 2.45) is 0 Å². The second-order valence-corrected chi connectivity index (χ2v) is 65.1. The van der Waals surface area contributed by atoms with Gasteiger partial charge in [0.25, 0.3) is 0 Å². The quantitative estimate of drug-likeness (QED) is 0.384. The van der Waals surface area contributed by atoms with Gasteiger partial charge in [-0.1, -0.05) is 0 Å². The number of hydrogen-bond acceptors (Lipinski definition) is 0. The Balaban J connectivity index is 3.54. The van der Waals surface area contributed by atoms with Gasteiger partial charge in [-0.25, -0.2) is 0 Å². The molecule has 0 N–H and O–H groups in total. The molecule has 0 aliphatic heterocycles. The van der Waals surface area contributed by atoms with Crippen molar-refractivity contribution in [1.29, 1.82) is 0 Å². The third kappa shape index (κ3) is 5.19. The van der Waals surface area contributed by atoms with Gasteiger partial charge in [-0.3, -0.25) is 0 Å². The molecule has 0 rings (SSSR count). The van der Waals surface area contributed by atoms with E-state index in [9.17, 15) is 0 Å². The van der Waals surface area contributed by atoms with E-state index in [1.54, 1.807) is 0 Å². The van der Waals surface area contributed by atoms with Crippen molar-refractivity contribution in [3.63, 3.8) is 0 Å². The topological polar surface area (TPSA) is 0 Å². The monoisotopic (exact) mass is 498 g/mol. The summed E-state index contributed by atoms with van der Waals surface area (Å²) in [7, 11) is 0. The first kappa shape index (κ1) is 9.73. The first-order valence-electron chi connectivity index (χ1n) is 2.01. The van der Waals surface area contributed by atoms with Crippen LogP contribution >= 0.6 is 60.6 Å². The SMILES string of the molecule is C[CH](C)[Ge]([I])([I])[I]. The van der Waals surface area contributed by atoms with Gasteiger partial charge >= 0.3 is 82.6 Å². The van der Waals surface area contributed by atoms with E-state index in [1.165, 1.54) is 0 Å². The molecule has 0 radical (unpaired) electrons. The van der Waals surface area contributed by atoms with Gasteiger partial charge in [0.2, 0.25) is 0 Å². The number of hydrogen-bond donors (Lipinski definition) is 0. The van der Waals surface area contributed by atoms with Crippen molar-refractivity contribution < 1.29 is 0 Å². The van der Waals surface area contributed by atoms with Crippen LogP contribution in [0.4, 0.5) is 0 Å². The molecule has 0 atom stereocenters. The first-order valence-corrected chi connectivity index (χ1v) is 22.4. The summed E-state index contributed by atoms with van der Waals surface area (Å²) >= 11 is 7.88. The van der Waals surface area contributed by atoms with Crippen LogP contribution in [0.5, 0.6) is 0 Å². The molecule has 0 aliphatic rings. The van der Waals surface area contributed by atoms with Gasteiger partial charge in [0, 0.05) is 0 Å². The molecule has 44 valence electrons. The Kier molecular flexibility index (Phi) is 5.27. The fourth-order valence-corrected chi connectivity index (χ4v) is 0. The van der Waals surface area contributed by atoms with Crippen LogP contribution in [-0.2, 0) is 0 Å². The molecule has 0 heterocycles. The Morgan fingerprint density at radius 2 is 1.29 bits per heavy atom. The zero-order valence-electron chi connectivity index (χ0n) is 4.21. The molecule has 0 nitrogen and oxygen atoms in total. The summed E-state index contributed by atoms with van der Waals surface area (Å²) in [6.45, 7) is 4.62. The third-order valence-corrected chi connectivity index (χ3v) is 22.8. The minimum absolute atomic E-state index is 0.946. The Labute approximate surface area is 80.8 Å². The molecule has 0 bridgehead atoms. The van der Waals surface area contributed by atoms with Crippen LogP contribution in [0.25, 0.3) is 0 Å². The van der Waals surface area contributed by atoms with Gasteiger partial charge in [-0.15, -0.1) is 0 Å². The summed E-state index contributed by atoms with van der Waals surface area (Å²) in [4.78, 5) is 0. The van der Waals surface area contributed by atoms with Crippen LogP contribution in [-0.4, -0.2) is 3.34 Å².